The molecule has 0 aromatic heterocycles. The van der Waals surface area contributed by atoms with Crippen LogP contribution >= 0.6 is 11.8 Å². The summed E-state index contributed by atoms with van der Waals surface area (Å²) in [4.78, 5) is 0. The average molecular weight is 283 g/mol. The number of nitrogens with two attached hydrogens (primary N) is 1. The molecule has 0 aliphatic carbocycles. The monoisotopic (exact) mass is 283 g/mol. The number of halogens is 4. The lowest BCUT2D eigenvalue weighted by Gasteiger charge is -2.14. The standard InChI is InChI=1S/C11H13F4NOS/c1-7(16)9-3-2-8(12)6-10(9)17-4-5-18-11(13,14)15/h2-3,6-7H,4-5,16H2,1H3/t7-/m1/s1. The number of hydrogen-bond donors (Lipinski definition) is 1. The summed E-state index contributed by atoms with van der Waals surface area (Å²) in [6, 6.07) is 3.44. The van der Waals surface area contributed by atoms with Crippen LogP contribution in [0.25, 0.3) is 0 Å². The van der Waals surface area contributed by atoms with Crippen LogP contribution in [-0.4, -0.2) is 17.9 Å². The van der Waals surface area contributed by atoms with E-state index in [1.807, 2.05) is 0 Å². The van der Waals surface area contributed by atoms with E-state index in [4.69, 9.17) is 10.5 Å². The molecular weight excluding hydrogens is 270 g/mol. The maximum Gasteiger partial charge on any atom is 0.441 e. The molecule has 1 aromatic carbocycles. The van der Waals surface area contributed by atoms with Crippen molar-refractivity contribution >= 4 is 11.8 Å². The molecule has 18 heavy (non-hydrogen) atoms. The van der Waals surface area contributed by atoms with E-state index in [1.165, 1.54) is 12.1 Å². The Morgan fingerprint density at radius 1 is 1.39 bits per heavy atom. The van der Waals surface area contributed by atoms with E-state index < -0.39 is 11.3 Å². The van der Waals surface area contributed by atoms with Crippen LogP contribution in [0.4, 0.5) is 17.6 Å². The summed E-state index contributed by atoms with van der Waals surface area (Å²) in [5, 5.41) is 0. The van der Waals surface area contributed by atoms with Gasteiger partial charge in [0.1, 0.15) is 11.6 Å². The maximum atomic E-state index is 13.0. The summed E-state index contributed by atoms with van der Waals surface area (Å²) >= 11 is -0.179. The third-order valence-corrected chi connectivity index (χ3v) is 2.77. The van der Waals surface area contributed by atoms with Crippen molar-refractivity contribution in [3.63, 3.8) is 0 Å². The van der Waals surface area contributed by atoms with Crippen LogP contribution in [0.15, 0.2) is 18.2 Å². The molecule has 0 aliphatic rings. The van der Waals surface area contributed by atoms with E-state index >= 15 is 0 Å². The topological polar surface area (TPSA) is 35.2 Å². The molecule has 1 atom stereocenters. The van der Waals surface area contributed by atoms with Crippen molar-refractivity contribution in [1.29, 1.82) is 0 Å². The predicted molar refractivity (Wildman–Crippen MR) is 63.0 cm³/mol. The fourth-order valence-corrected chi connectivity index (χ4v) is 1.72. The second-order valence-corrected chi connectivity index (χ2v) is 4.77. The largest absolute Gasteiger partial charge is 0.492 e. The van der Waals surface area contributed by atoms with Crippen molar-refractivity contribution in [2.75, 3.05) is 12.4 Å². The van der Waals surface area contributed by atoms with E-state index in [9.17, 15) is 17.6 Å². The van der Waals surface area contributed by atoms with Gasteiger partial charge in [-0.05, 0) is 24.8 Å². The predicted octanol–water partition coefficient (Wildman–Crippen LogP) is 3.48. The Labute approximate surface area is 106 Å². The molecule has 1 rings (SSSR count). The third-order valence-electron chi connectivity index (χ3n) is 2.07. The Balaban J connectivity index is 2.58. The molecule has 0 bridgehead atoms. The van der Waals surface area contributed by atoms with Gasteiger partial charge in [0, 0.05) is 23.4 Å². The second-order valence-electron chi connectivity index (χ2n) is 3.61. The van der Waals surface area contributed by atoms with E-state index in [-0.39, 0.29) is 35.9 Å². The first-order chi connectivity index (χ1) is 8.29. The van der Waals surface area contributed by atoms with Crippen molar-refractivity contribution in [1.82, 2.24) is 0 Å². The molecule has 7 heteroatoms. The van der Waals surface area contributed by atoms with Crippen molar-refractivity contribution in [3.05, 3.63) is 29.6 Å². The second kappa shape index (κ2) is 6.29. The molecule has 0 spiro atoms. The normalized spacial score (nSPS) is 13.4. The van der Waals surface area contributed by atoms with Crippen LogP contribution in [-0.2, 0) is 0 Å². The number of rotatable bonds is 5. The average Bonchev–Trinajstić information content (AvgIpc) is 2.22. The van der Waals surface area contributed by atoms with Crippen LogP contribution in [0.1, 0.15) is 18.5 Å². The van der Waals surface area contributed by atoms with Gasteiger partial charge in [-0.3, -0.25) is 0 Å². The highest BCUT2D eigenvalue weighted by Crippen LogP contribution is 2.30. The molecule has 0 heterocycles. The molecule has 0 radical (unpaired) electrons. The smallest absolute Gasteiger partial charge is 0.441 e. The van der Waals surface area contributed by atoms with E-state index in [2.05, 4.69) is 0 Å². The Bertz CT molecular complexity index is 395. The van der Waals surface area contributed by atoms with E-state index in [1.54, 1.807) is 6.92 Å². The van der Waals surface area contributed by atoms with Gasteiger partial charge >= 0.3 is 5.51 Å². The molecule has 2 N–H and O–H groups in total. The lowest BCUT2D eigenvalue weighted by Crippen LogP contribution is -2.11. The highest BCUT2D eigenvalue weighted by Gasteiger charge is 2.27. The van der Waals surface area contributed by atoms with Gasteiger partial charge in [0.05, 0.1) is 6.61 Å². The molecular formula is C11H13F4NOS. The zero-order valence-electron chi connectivity index (χ0n) is 9.63. The minimum absolute atomic E-state index is 0.159. The van der Waals surface area contributed by atoms with Gasteiger partial charge < -0.3 is 10.5 Å². The SMILES string of the molecule is C[C@@H](N)c1ccc(F)cc1OCCSC(F)(F)F. The molecule has 1 aromatic rings. The molecule has 2 nitrogen and oxygen atoms in total. The van der Waals surface area contributed by atoms with Gasteiger partial charge in [-0.1, -0.05) is 6.07 Å². The Kier molecular flexibility index (Phi) is 5.28. The van der Waals surface area contributed by atoms with E-state index in [0.29, 0.717) is 5.56 Å². The van der Waals surface area contributed by atoms with Crippen LogP contribution in [0, 0.1) is 5.82 Å². The molecule has 0 saturated heterocycles. The van der Waals surface area contributed by atoms with Crippen LogP contribution in [0.3, 0.4) is 0 Å². The highest BCUT2D eigenvalue weighted by molar-refractivity contribution is 8.00. The molecule has 0 unspecified atom stereocenters. The van der Waals surface area contributed by atoms with Crippen LogP contribution < -0.4 is 10.5 Å². The van der Waals surface area contributed by atoms with Gasteiger partial charge in [0.25, 0.3) is 0 Å². The molecule has 0 aliphatic heterocycles. The first kappa shape index (κ1) is 15.1. The fraction of sp³-hybridized carbons (Fsp3) is 0.455. The van der Waals surface area contributed by atoms with Gasteiger partial charge in [0.15, 0.2) is 0 Å². The molecule has 0 saturated carbocycles. The maximum absolute atomic E-state index is 13.0. The van der Waals surface area contributed by atoms with Crippen molar-refractivity contribution in [3.8, 4) is 5.75 Å². The minimum atomic E-state index is -4.28. The van der Waals surface area contributed by atoms with E-state index in [0.717, 1.165) is 6.07 Å². The zero-order chi connectivity index (χ0) is 13.8. The summed E-state index contributed by atoms with van der Waals surface area (Å²) in [5.74, 6) is -0.580. The summed E-state index contributed by atoms with van der Waals surface area (Å²) < 4.78 is 53.8. The Morgan fingerprint density at radius 2 is 2.06 bits per heavy atom. The minimum Gasteiger partial charge on any atom is -0.492 e. The number of ether oxygens (including phenoxy) is 1. The number of benzene rings is 1. The first-order valence-electron chi connectivity index (χ1n) is 5.18. The first-order valence-corrected chi connectivity index (χ1v) is 6.16. The number of hydrogen-bond acceptors (Lipinski definition) is 3. The summed E-state index contributed by atoms with van der Waals surface area (Å²) in [6.07, 6.45) is 0. The highest BCUT2D eigenvalue weighted by atomic mass is 32.2. The summed E-state index contributed by atoms with van der Waals surface area (Å²) in [6.45, 7) is 1.53. The van der Waals surface area contributed by atoms with Crippen molar-refractivity contribution in [2.24, 2.45) is 5.73 Å². The van der Waals surface area contributed by atoms with Gasteiger partial charge in [-0.25, -0.2) is 4.39 Å². The number of thioether (sulfide) groups is 1. The molecule has 0 fully saturated rings. The Hall–Kier alpha value is -0.950. The summed E-state index contributed by atoms with van der Waals surface area (Å²) in [7, 11) is 0. The lowest BCUT2D eigenvalue weighted by atomic mass is 10.1. The van der Waals surface area contributed by atoms with Crippen LogP contribution in [0.5, 0.6) is 5.75 Å². The van der Waals surface area contributed by atoms with Gasteiger partial charge in [-0.15, -0.1) is 0 Å². The fourth-order valence-electron chi connectivity index (χ4n) is 1.32. The zero-order valence-corrected chi connectivity index (χ0v) is 10.4. The van der Waals surface area contributed by atoms with Gasteiger partial charge in [-0.2, -0.15) is 13.2 Å². The molecule has 0 amide bonds. The Morgan fingerprint density at radius 3 is 2.61 bits per heavy atom. The summed E-state index contributed by atoms with van der Waals surface area (Å²) in [5.41, 5.74) is 1.93. The quantitative estimate of drug-likeness (QED) is 0.664. The van der Waals surface area contributed by atoms with Crippen molar-refractivity contribution in [2.45, 2.75) is 18.5 Å². The lowest BCUT2D eigenvalue weighted by molar-refractivity contribution is -0.0329. The van der Waals surface area contributed by atoms with Crippen molar-refractivity contribution < 1.29 is 22.3 Å². The third kappa shape index (κ3) is 5.14. The molecule has 102 valence electrons. The number of alkyl halides is 3. The van der Waals surface area contributed by atoms with Gasteiger partial charge in [0.2, 0.25) is 0 Å². The van der Waals surface area contributed by atoms with Crippen LogP contribution in [0.2, 0.25) is 0 Å².